The van der Waals surface area contributed by atoms with Gasteiger partial charge in [0.05, 0.1) is 11.9 Å². The number of hydrogen-bond acceptors (Lipinski definition) is 7. The lowest BCUT2D eigenvalue weighted by atomic mass is 10.2. The molecule has 2 saturated heterocycles. The Balaban J connectivity index is 1.21. The molecule has 1 amide bonds. The van der Waals surface area contributed by atoms with Gasteiger partial charge in [0.2, 0.25) is 5.91 Å². The lowest BCUT2D eigenvalue weighted by molar-refractivity contribution is -0.119. The Morgan fingerprint density at radius 2 is 1.87 bits per heavy atom. The highest BCUT2D eigenvalue weighted by molar-refractivity contribution is 7.99. The van der Waals surface area contributed by atoms with Gasteiger partial charge in [0.1, 0.15) is 10.8 Å². The lowest BCUT2D eigenvalue weighted by Crippen LogP contribution is -2.46. The zero-order chi connectivity index (χ0) is 20.8. The fourth-order valence-electron chi connectivity index (χ4n) is 3.63. The number of amides is 1. The summed E-state index contributed by atoms with van der Waals surface area (Å²) < 4.78 is 18.6. The molecular formula is C21H26FN5O2S. The number of piperazine rings is 1. The fourth-order valence-corrected chi connectivity index (χ4v) is 4.27. The maximum atomic E-state index is 13.1. The highest BCUT2D eigenvalue weighted by Gasteiger charge is 2.19. The zero-order valence-electron chi connectivity index (χ0n) is 16.8. The van der Waals surface area contributed by atoms with Gasteiger partial charge in [-0.2, -0.15) is 0 Å². The van der Waals surface area contributed by atoms with Gasteiger partial charge >= 0.3 is 0 Å². The van der Waals surface area contributed by atoms with E-state index in [1.54, 1.807) is 0 Å². The van der Waals surface area contributed by atoms with Crippen molar-refractivity contribution in [3.63, 3.8) is 0 Å². The second kappa shape index (κ2) is 10.1. The van der Waals surface area contributed by atoms with Crippen LogP contribution in [0.1, 0.15) is 12.8 Å². The first-order chi connectivity index (χ1) is 14.7. The van der Waals surface area contributed by atoms with E-state index in [1.165, 1.54) is 23.9 Å². The van der Waals surface area contributed by atoms with Gasteiger partial charge in [0.25, 0.3) is 0 Å². The Kier molecular flexibility index (Phi) is 7.01. The summed E-state index contributed by atoms with van der Waals surface area (Å²) in [6.07, 6.45) is 2.23. The minimum atomic E-state index is -0.217. The summed E-state index contributed by atoms with van der Waals surface area (Å²) in [7, 11) is 0. The summed E-state index contributed by atoms with van der Waals surface area (Å²) in [6.45, 7) is 4.70. The summed E-state index contributed by atoms with van der Waals surface area (Å²) in [5.74, 6) is 0.919. The molecule has 1 aromatic heterocycles. The molecule has 0 aliphatic carbocycles. The highest BCUT2D eigenvalue weighted by atomic mass is 32.2. The second-order valence-corrected chi connectivity index (χ2v) is 8.40. The van der Waals surface area contributed by atoms with Crippen molar-refractivity contribution < 1.29 is 13.9 Å². The molecule has 9 heteroatoms. The van der Waals surface area contributed by atoms with E-state index in [2.05, 4.69) is 25.3 Å². The van der Waals surface area contributed by atoms with Gasteiger partial charge in [0.15, 0.2) is 5.82 Å². The highest BCUT2D eigenvalue weighted by Crippen LogP contribution is 2.21. The minimum absolute atomic E-state index is 0.0155. The molecule has 1 aromatic carbocycles. The first-order valence-electron chi connectivity index (χ1n) is 10.3. The number of rotatable bonds is 7. The van der Waals surface area contributed by atoms with Crippen LogP contribution in [0.3, 0.4) is 0 Å². The summed E-state index contributed by atoms with van der Waals surface area (Å²) >= 11 is 1.38. The normalized spacial score (nSPS) is 19.2. The standard InChI is InChI=1S/C21H26FN5O2S/c22-16-3-5-17(6-4-16)26-9-11-27(12-10-26)19-7-8-21(25-24-19)30-15-20(28)23-14-18-2-1-13-29-18/h3-8,18H,1-2,9-15H2,(H,23,28)/t18-/m0/s1. The predicted octanol–water partition coefficient (Wildman–Crippen LogP) is 2.33. The van der Waals surface area contributed by atoms with Crippen molar-refractivity contribution in [3.05, 3.63) is 42.2 Å². The molecule has 2 aliphatic heterocycles. The molecule has 1 atom stereocenters. The van der Waals surface area contributed by atoms with E-state index in [1.807, 2.05) is 24.3 Å². The van der Waals surface area contributed by atoms with E-state index in [4.69, 9.17) is 4.74 Å². The van der Waals surface area contributed by atoms with Gasteiger partial charge in [-0.05, 0) is 49.2 Å². The summed E-state index contributed by atoms with van der Waals surface area (Å²) in [4.78, 5) is 16.4. The monoisotopic (exact) mass is 431 g/mol. The van der Waals surface area contributed by atoms with Crippen LogP contribution >= 0.6 is 11.8 Å². The van der Waals surface area contributed by atoms with E-state index in [9.17, 15) is 9.18 Å². The van der Waals surface area contributed by atoms with E-state index in [0.717, 1.165) is 62.2 Å². The number of halogens is 1. The van der Waals surface area contributed by atoms with Crippen molar-refractivity contribution in [2.75, 3.05) is 54.9 Å². The second-order valence-electron chi connectivity index (χ2n) is 7.41. The van der Waals surface area contributed by atoms with Crippen LogP contribution in [0.2, 0.25) is 0 Å². The molecule has 0 radical (unpaired) electrons. The molecule has 1 N–H and O–H groups in total. The molecule has 160 valence electrons. The third kappa shape index (κ3) is 5.60. The molecule has 0 spiro atoms. The molecule has 0 saturated carbocycles. The number of hydrogen-bond donors (Lipinski definition) is 1. The van der Waals surface area contributed by atoms with Gasteiger partial charge in [-0.25, -0.2) is 4.39 Å². The van der Waals surface area contributed by atoms with Crippen LogP contribution in [0.5, 0.6) is 0 Å². The van der Waals surface area contributed by atoms with Crippen LogP contribution in [-0.2, 0) is 9.53 Å². The average molecular weight is 432 g/mol. The molecule has 0 unspecified atom stereocenters. The maximum Gasteiger partial charge on any atom is 0.230 e. The van der Waals surface area contributed by atoms with Crippen LogP contribution in [0.15, 0.2) is 41.4 Å². The first kappa shape index (κ1) is 20.9. The van der Waals surface area contributed by atoms with Crippen LogP contribution in [0, 0.1) is 5.82 Å². The van der Waals surface area contributed by atoms with E-state index >= 15 is 0 Å². The summed E-state index contributed by atoms with van der Waals surface area (Å²) in [6, 6.07) is 10.5. The predicted molar refractivity (Wildman–Crippen MR) is 116 cm³/mol. The fraction of sp³-hybridized carbons (Fsp3) is 0.476. The van der Waals surface area contributed by atoms with Crippen molar-refractivity contribution in [2.45, 2.75) is 24.0 Å². The van der Waals surface area contributed by atoms with Crippen molar-refractivity contribution in [1.29, 1.82) is 0 Å². The Labute approximate surface area is 180 Å². The quantitative estimate of drug-likeness (QED) is 0.675. The molecule has 30 heavy (non-hydrogen) atoms. The number of carbonyl (C=O) groups is 1. The Hall–Kier alpha value is -2.39. The van der Waals surface area contributed by atoms with E-state index in [0.29, 0.717) is 12.3 Å². The van der Waals surface area contributed by atoms with Crippen molar-refractivity contribution in [2.24, 2.45) is 0 Å². The molecule has 4 rings (SSSR count). The molecule has 7 nitrogen and oxygen atoms in total. The van der Waals surface area contributed by atoms with Gasteiger partial charge in [-0.1, -0.05) is 11.8 Å². The van der Waals surface area contributed by atoms with E-state index < -0.39 is 0 Å². The number of aromatic nitrogens is 2. The summed E-state index contributed by atoms with van der Waals surface area (Å²) in [5.41, 5.74) is 1.03. The molecular weight excluding hydrogens is 405 g/mol. The third-order valence-electron chi connectivity index (χ3n) is 5.32. The van der Waals surface area contributed by atoms with E-state index in [-0.39, 0.29) is 17.8 Å². The molecule has 3 heterocycles. The maximum absolute atomic E-state index is 13.1. The van der Waals surface area contributed by atoms with Crippen LogP contribution in [0.25, 0.3) is 0 Å². The van der Waals surface area contributed by atoms with Crippen molar-refractivity contribution >= 4 is 29.2 Å². The van der Waals surface area contributed by atoms with Gasteiger partial charge in [-0.15, -0.1) is 10.2 Å². The molecule has 2 aliphatic rings. The number of benzene rings is 1. The average Bonchev–Trinajstić information content (AvgIpc) is 3.31. The third-order valence-corrected chi connectivity index (χ3v) is 6.24. The van der Waals surface area contributed by atoms with Gasteiger partial charge in [0, 0.05) is 45.0 Å². The Morgan fingerprint density at radius 1 is 1.10 bits per heavy atom. The van der Waals surface area contributed by atoms with Gasteiger partial charge in [-0.3, -0.25) is 4.79 Å². The Morgan fingerprint density at radius 3 is 2.53 bits per heavy atom. The smallest absolute Gasteiger partial charge is 0.230 e. The zero-order valence-corrected chi connectivity index (χ0v) is 17.6. The minimum Gasteiger partial charge on any atom is -0.376 e. The Bertz CT molecular complexity index is 822. The molecule has 2 aromatic rings. The van der Waals surface area contributed by atoms with Gasteiger partial charge < -0.3 is 19.9 Å². The van der Waals surface area contributed by atoms with Crippen LogP contribution in [0.4, 0.5) is 15.9 Å². The number of nitrogens with one attached hydrogen (secondary N) is 1. The topological polar surface area (TPSA) is 70.6 Å². The van der Waals surface area contributed by atoms with Crippen LogP contribution in [-0.4, -0.2) is 67.3 Å². The summed E-state index contributed by atoms with van der Waals surface area (Å²) in [5, 5.41) is 12.2. The number of thioether (sulfide) groups is 1. The first-order valence-corrected chi connectivity index (χ1v) is 11.3. The van der Waals surface area contributed by atoms with Crippen molar-refractivity contribution in [1.82, 2.24) is 15.5 Å². The largest absolute Gasteiger partial charge is 0.376 e. The lowest BCUT2D eigenvalue weighted by Gasteiger charge is -2.36. The van der Waals surface area contributed by atoms with Crippen LogP contribution < -0.4 is 15.1 Å². The SMILES string of the molecule is O=C(CSc1ccc(N2CCN(c3ccc(F)cc3)CC2)nn1)NC[C@@H]1CCCO1. The number of nitrogens with zero attached hydrogens (tertiary/aromatic N) is 4. The number of ether oxygens (including phenoxy) is 1. The molecule has 2 fully saturated rings. The van der Waals surface area contributed by atoms with Crippen molar-refractivity contribution in [3.8, 4) is 0 Å². The number of carbonyl (C=O) groups excluding carboxylic acids is 1. The number of anilines is 2. The molecule has 0 bridgehead atoms.